The van der Waals surface area contributed by atoms with Crippen LogP contribution in [0.2, 0.25) is 0 Å². The Morgan fingerprint density at radius 3 is 3.00 bits per heavy atom. The first-order chi connectivity index (χ1) is 12.7. The van der Waals surface area contributed by atoms with E-state index in [4.69, 9.17) is 14.2 Å². The van der Waals surface area contributed by atoms with E-state index in [-0.39, 0.29) is 23.6 Å². The standard InChI is InChI=1S/C19H18N2O4S/c22-18(13-3-4-16-17(6-13)24-12-23-16)21-10-19(11-21)7-15(9-26-19)25-14-2-1-5-20-8-14/h1-6,8,15H,7,9-12H2/t15-/m1/s1. The number of benzene rings is 1. The zero-order valence-corrected chi connectivity index (χ0v) is 14.9. The highest BCUT2D eigenvalue weighted by molar-refractivity contribution is 8.01. The van der Waals surface area contributed by atoms with Crippen LogP contribution in [0.25, 0.3) is 0 Å². The number of hydrogen-bond donors (Lipinski definition) is 0. The van der Waals surface area contributed by atoms with E-state index >= 15 is 0 Å². The maximum absolute atomic E-state index is 12.7. The Morgan fingerprint density at radius 2 is 2.15 bits per heavy atom. The van der Waals surface area contributed by atoms with Gasteiger partial charge in [-0.2, -0.15) is 0 Å². The lowest BCUT2D eigenvalue weighted by Crippen LogP contribution is -2.60. The molecule has 0 radical (unpaired) electrons. The fourth-order valence-electron chi connectivity index (χ4n) is 3.71. The normalized spacial score (nSPS) is 22.3. The van der Waals surface area contributed by atoms with E-state index < -0.39 is 0 Å². The second-order valence-electron chi connectivity index (χ2n) is 6.86. The van der Waals surface area contributed by atoms with E-state index in [9.17, 15) is 4.79 Å². The first-order valence-electron chi connectivity index (χ1n) is 8.60. The lowest BCUT2D eigenvalue weighted by atomic mass is 9.92. The van der Waals surface area contributed by atoms with Crippen LogP contribution < -0.4 is 14.2 Å². The summed E-state index contributed by atoms with van der Waals surface area (Å²) in [5.74, 6) is 3.14. The van der Waals surface area contributed by atoms with Crippen molar-refractivity contribution in [2.24, 2.45) is 0 Å². The Hall–Kier alpha value is -2.41. The molecule has 7 heteroatoms. The summed E-state index contributed by atoms with van der Waals surface area (Å²) in [7, 11) is 0. The molecule has 1 amide bonds. The van der Waals surface area contributed by atoms with Crippen molar-refractivity contribution in [3.63, 3.8) is 0 Å². The van der Waals surface area contributed by atoms with E-state index in [1.54, 1.807) is 30.6 Å². The molecule has 2 fully saturated rings. The molecule has 6 nitrogen and oxygen atoms in total. The van der Waals surface area contributed by atoms with Crippen LogP contribution in [0.1, 0.15) is 16.8 Å². The molecular formula is C19H18N2O4S. The number of pyridine rings is 1. The van der Waals surface area contributed by atoms with Gasteiger partial charge in [-0.05, 0) is 30.3 Å². The highest BCUT2D eigenvalue weighted by Crippen LogP contribution is 2.46. The first kappa shape index (κ1) is 15.8. The summed E-state index contributed by atoms with van der Waals surface area (Å²) in [5.41, 5.74) is 0.648. The number of hydrogen-bond acceptors (Lipinski definition) is 6. The zero-order chi connectivity index (χ0) is 17.6. The van der Waals surface area contributed by atoms with Crippen LogP contribution >= 0.6 is 11.8 Å². The van der Waals surface area contributed by atoms with Gasteiger partial charge in [0.15, 0.2) is 11.5 Å². The van der Waals surface area contributed by atoms with Gasteiger partial charge in [-0.1, -0.05) is 0 Å². The second-order valence-corrected chi connectivity index (χ2v) is 8.34. The summed E-state index contributed by atoms with van der Waals surface area (Å²) in [4.78, 5) is 18.7. The van der Waals surface area contributed by atoms with Crippen molar-refractivity contribution in [1.29, 1.82) is 0 Å². The van der Waals surface area contributed by atoms with Crippen molar-refractivity contribution in [3.8, 4) is 17.2 Å². The number of aromatic nitrogens is 1. The van der Waals surface area contributed by atoms with Gasteiger partial charge in [-0.25, -0.2) is 0 Å². The number of thioether (sulfide) groups is 1. The molecule has 2 saturated heterocycles. The monoisotopic (exact) mass is 370 g/mol. The second kappa shape index (κ2) is 6.09. The minimum absolute atomic E-state index is 0.0474. The Balaban J connectivity index is 1.20. The summed E-state index contributed by atoms with van der Waals surface area (Å²) in [6.07, 6.45) is 4.61. The van der Waals surface area contributed by atoms with Gasteiger partial charge < -0.3 is 19.1 Å². The minimum atomic E-state index is 0.0474. The van der Waals surface area contributed by atoms with Crippen molar-refractivity contribution < 1.29 is 19.0 Å². The number of rotatable bonds is 3. The molecule has 0 saturated carbocycles. The summed E-state index contributed by atoms with van der Waals surface area (Å²) in [6, 6.07) is 9.18. The van der Waals surface area contributed by atoms with Gasteiger partial charge in [0.05, 0.1) is 10.9 Å². The summed E-state index contributed by atoms with van der Waals surface area (Å²) < 4.78 is 16.8. The molecule has 0 unspecified atom stereocenters. The van der Waals surface area contributed by atoms with E-state index in [2.05, 4.69) is 4.98 Å². The quantitative estimate of drug-likeness (QED) is 0.828. The fraction of sp³-hybridized carbons (Fsp3) is 0.368. The Labute approximate surface area is 155 Å². The molecule has 3 aliphatic heterocycles. The number of likely N-dealkylation sites (tertiary alicyclic amines) is 1. The van der Waals surface area contributed by atoms with Crippen LogP contribution in [0, 0.1) is 0 Å². The smallest absolute Gasteiger partial charge is 0.254 e. The fourth-order valence-corrected chi connectivity index (χ4v) is 5.24. The zero-order valence-electron chi connectivity index (χ0n) is 14.1. The number of fused-ring (bicyclic) bond motifs is 1. The Kier molecular flexibility index (Phi) is 3.70. The molecule has 4 heterocycles. The van der Waals surface area contributed by atoms with Crippen LogP contribution in [0.5, 0.6) is 17.2 Å². The molecule has 0 aliphatic carbocycles. The maximum Gasteiger partial charge on any atom is 0.254 e. The van der Waals surface area contributed by atoms with Crippen LogP contribution in [0.4, 0.5) is 0 Å². The predicted molar refractivity (Wildman–Crippen MR) is 96.9 cm³/mol. The van der Waals surface area contributed by atoms with Crippen molar-refractivity contribution in [2.45, 2.75) is 17.3 Å². The lowest BCUT2D eigenvalue weighted by Gasteiger charge is -2.47. The third-order valence-corrected chi connectivity index (χ3v) is 6.55. The van der Waals surface area contributed by atoms with Crippen molar-refractivity contribution >= 4 is 17.7 Å². The number of carbonyl (C=O) groups excluding carboxylic acids is 1. The number of nitrogens with zero attached hydrogens (tertiary/aromatic N) is 2. The van der Waals surface area contributed by atoms with Crippen LogP contribution in [0.15, 0.2) is 42.7 Å². The van der Waals surface area contributed by atoms with Gasteiger partial charge in [-0.3, -0.25) is 9.78 Å². The molecule has 26 heavy (non-hydrogen) atoms. The van der Waals surface area contributed by atoms with Gasteiger partial charge in [0.25, 0.3) is 5.91 Å². The van der Waals surface area contributed by atoms with E-state index in [0.717, 1.165) is 31.0 Å². The van der Waals surface area contributed by atoms with E-state index in [1.807, 2.05) is 28.8 Å². The molecule has 0 bridgehead atoms. The molecular weight excluding hydrogens is 352 g/mol. The van der Waals surface area contributed by atoms with Crippen molar-refractivity contribution in [1.82, 2.24) is 9.88 Å². The maximum atomic E-state index is 12.7. The molecule has 3 aliphatic rings. The molecule has 1 aromatic carbocycles. The highest BCUT2D eigenvalue weighted by atomic mass is 32.2. The largest absolute Gasteiger partial charge is 0.488 e. The number of ether oxygens (including phenoxy) is 3. The topological polar surface area (TPSA) is 60.9 Å². The van der Waals surface area contributed by atoms with Crippen LogP contribution in [-0.4, -0.2) is 52.3 Å². The average molecular weight is 370 g/mol. The van der Waals surface area contributed by atoms with Gasteiger partial charge in [0.2, 0.25) is 6.79 Å². The van der Waals surface area contributed by atoms with Crippen LogP contribution in [-0.2, 0) is 0 Å². The first-order valence-corrected chi connectivity index (χ1v) is 9.59. The number of carbonyl (C=O) groups is 1. The summed E-state index contributed by atoms with van der Waals surface area (Å²) in [5, 5.41) is 0. The lowest BCUT2D eigenvalue weighted by molar-refractivity contribution is 0.0517. The van der Waals surface area contributed by atoms with E-state index in [0.29, 0.717) is 17.1 Å². The minimum Gasteiger partial charge on any atom is -0.488 e. The van der Waals surface area contributed by atoms with Gasteiger partial charge >= 0.3 is 0 Å². The molecule has 2 aromatic rings. The summed E-state index contributed by atoms with van der Waals surface area (Å²) >= 11 is 1.91. The van der Waals surface area contributed by atoms with E-state index in [1.165, 1.54) is 0 Å². The predicted octanol–water partition coefficient (Wildman–Crippen LogP) is 2.59. The van der Waals surface area contributed by atoms with Gasteiger partial charge in [0, 0.05) is 37.0 Å². The average Bonchev–Trinajstić information content (AvgIpc) is 3.27. The molecule has 0 N–H and O–H groups in total. The van der Waals surface area contributed by atoms with Gasteiger partial charge in [-0.15, -0.1) is 11.8 Å². The molecule has 5 rings (SSSR count). The summed E-state index contributed by atoms with van der Waals surface area (Å²) in [6.45, 7) is 1.74. The van der Waals surface area contributed by atoms with Crippen LogP contribution in [0.3, 0.4) is 0 Å². The Bertz CT molecular complexity index is 839. The van der Waals surface area contributed by atoms with Crippen molar-refractivity contribution in [2.75, 3.05) is 25.6 Å². The third kappa shape index (κ3) is 2.76. The van der Waals surface area contributed by atoms with Gasteiger partial charge in [0.1, 0.15) is 11.9 Å². The number of amides is 1. The molecule has 134 valence electrons. The third-order valence-electron chi connectivity index (χ3n) is 4.98. The van der Waals surface area contributed by atoms with Crippen molar-refractivity contribution in [3.05, 3.63) is 48.3 Å². The SMILES string of the molecule is O=C(c1ccc2c(c1)OCO2)N1CC2(C[C@@H](Oc3cccnc3)CS2)C1. The molecule has 1 atom stereocenters. The Morgan fingerprint density at radius 1 is 1.27 bits per heavy atom. The molecule has 1 aromatic heterocycles. The highest BCUT2D eigenvalue weighted by Gasteiger charge is 2.51. The molecule has 1 spiro atoms.